The van der Waals surface area contributed by atoms with Crippen LogP contribution in [-0.2, 0) is 21.4 Å². The van der Waals surface area contributed by atoms with Crippen LogP contribution in [0.4, 0.5) is 0 Å². The topological polar surface area (TPSA) is 77.5 Å². The van der Waals surface area contributed by atoms with Crippen molar-refractivity contribution in [3.8, 4) is 11.5 Å². The molecule has 3 aromatic rings. The normalized spacial score (nSPS) is 15.0. The number of ether oxygens (including phenoxy) is 2. The molecule has 6 heteroatoms. The van der Waals surface area contributed by atoms with Crippen LogP contribution in [0, 0.1) is 5.92 Å². The van der Waals surface area contributed by atoms with Gasteiger partial charge >= 0.3 is 5.97 Å². The number of fused-ring (bicyclic) bond motifs is 1. The van der Waals surface area contributed by atoms with Gasteiger partial charge in [0.15, 0.2) is 0 Å². The maximum Gasteiger partial charge on any atom is 0.328 e. The molecule has 6 nitrogen and oxygen atoms in total. The molecule has 1 aliphatic carbocycles. The van der Waals surface area contributed by atoms with Crippen LogP contribution in [0.2, 0.25) is 0 Å². The first-order valence-corrected chi connectivity index (χ1v) is 12.7. The van der Waals surface area contributed by atoms with E-state index in [1.54, 1.807) is 13.0 Å². The van der Waals surface area contributed by atoms with Crippen molar-refractivity contribution in [1.82, 2.24) is 10.3 Å². The summed E-state index contributed by atoms with van der Waals surface area (Å²) in [6.07, 6.45) is 5.63. The van der Waals surface area contributed by atoms with Crippen LogP contribution >= 0.6 is 0 Å². The Balaban J connectivity index is 1.64. The number of methoxy groups -OCH3 is 1. The molecule has 4 rings (SSSR count). The Morgan fingerprint density at radius 1 is 1.03 bits per heavy atom. The largest absolute Gasteiger partial charge is 0.467 e. The number of rotatable bonds is 7. The molecule has 0 spiro atoms. The number of carbonyl (C=O) groups excluding carboxylic acids is 2. The third-order valence-corrected chi connectivity index (χ3v) is 6.93. The van der Waals surface area contributed by atoms with E-state index >= 15 is 0 Å². The fourth-order valence-electron chi connectivity index (χ4n) is 4.79. The molecular formula is C30H36N2O4. The molecule has 190 valence electrons. The number of nitrogens with zero attached hydrogens (tertiary/aromatic N) is 1. The van der Waals surface area contributed by atoms with E-state index in [2.05, 4.69) is 38.2 Å². The fraction of sp³-hybridized carbons (Fsp3) is 0.433. The third kappa shape index (κ3) is 6.04. The Kier molecular flexibility index (Phi) is 7.62. The van der Waals surface area contributed by atoms with E-state index in [0.717, 1.165) is 34.4 Å². The molecular weight excluding hydrogens is 452 g/mol. The van der Waals surface area contributed by atoms with Crippen LogP contribution in [0.1, 0.15) is 75.1 Å². The SMILES string of the molecule is COC(=O)[C@H](C)NC(=O)c1cc2ccc(Oc3ccc(C(C)(C)C)cc3)cc2c(CC2CCCC2)n1. The van der Waals surface area contributed by atoms with E-state index < -0.39 is 12.0 Å². The van der Waals surface area contributed by atoms with Crippen LogP contribution in [0.3, 0.4) is 0 Å². The second kappa shape index (κ2) is 10.7. The molecule has 0 radical (unpaired) electrons. The number of hydrogen-bond acceptors (Lipinski definition) is 5. The Hall–Kier alpha value is -3.41. The predicted octanol–water partition coefficient (Wildman–Crippen LogP) is 6.35. The molecule has 2 aromatic carbocycles. The average molecular weight is 489 g/mol. The maximum absolute atomic E-state index is 12.9. The van der Waals surface area contributed by atoms with Crippen LogP contribution in [0.25, 0.3) is 10.8 Å². The first kappa shape index (κ1) is 25.7. The molecule has 36 heavy (non-hydrogen) atoms. The van der Waals surface area contributed by atoms with E-state index in [-0.39, 0.29) is 11.3 Å². The van der Waals surface area contributed by atoms with Crippen molar-refractivity contribution in [2.75, 3.05) is 7.11 Å². The zero-order valence-electron chi connectivity index (χ0n) is 21.9. The van der Waals surface area contributed by atoms with Crippen molar-refractivity contribution >= 4 is 22.6 Å². The molecule has 1 amide bonds. The van der Waals surface area contributed by atoms with Gasteiger partial charge in [-0.3, -0.25) is 4.79 Å². The van der Waals surface area contributed by atoms with Crippen molar-refractivity contribution in [3.63, 3.8) is 0 Å². The molecule has 0 unspecified atom stereocenters. The quantitative estimate of drug-likeness (QED) is 0.392. The molecule has 0 saturated heterocycles. The highest BCUT2D eigenvalue weighted by Crippen LogP contribution is 2.33. The Bertz CT molecular complexity index is 1240. The van der Waals surface area contributed by atoms with E-state index in [1.807, 2.05) is 30.3 Å². The van der Waals surface area contributed by atoms with Gasteiger partial charge in [0, 0.05) is 11.1 Å². The molecule has 1 heterocycles. The van der Waals surface area contributed by atoms with Crippen molar-refractivity contribution in [3.05, 3.63) is 65.5 Å². The lowest BCUT2D eigenvalue weighted by molar-refractivity contribution is -0.142. The third-order valence-electron chi connectivity index (χ3n) is 6.93. The zero-order valence-corrected chi connectivity index (χ0v) is 21.9. The lowest BCUT2D eigenvalue weighted by atomic mass is 9.87. The summed E-state index contributed by atoms with van der Waals surface area (Å²) in [7, 11) is 1.30. The molecule has 1 fully saturated rings. The number of carbonyl (C=O) groups is 2. The number of hydrogen-bond donors (Lipinski definition) is 1. The van der Waals surface area contributed by atoms with Gasteiger partial charge < -0.3 is 14.8 Å². The van der Waals surface area contributed by atoms with Crippen molar-refractivity contribution in [1.29, 1.82) is 0 Å². The summed E-state index contributed by atoms with van der Waals surface area (Å²) in [5.41, 5.74) is 2.53. The van der Waals surface area contributed by atoms with E-state index in [4.69, 9.17) is 14.5 Å². The summed E-state index contributed by atoms with van der Waals surface area (Å²) < 4.78 is 10.9. The summed E-state index contributed by atoms with van der Waals surface area (Å²) in [6, 6.07) is 15.1. The number of pyridine rings is 1. The number of amides is 1. The fourth-order valence-corrected chi connectivity index (χ4v) is 4.79. The van der Waals surface area contributed by atoms with Gasteiger partial charge in [0.05, 0.1) is 7.11 Å². The summed E-state index contributed by atoms with van der Waals surface area (Å²) in [5, 5.41) is 4.60. The van der Waals surface area contributed by atoms with E-state index in [0.29, 0.717) is 11.6 Å². The lowest BCUT2D eigenvalue weighted by Crippen LogP contribution is -2.39. The molecule has 1 aromatic heterocycles. The van der Waals surface area contributed by atoms with Gasteiger partial charge in [-0.25, -0.2) is 9.78 Å². The second-order valence-corrected chi connectivity index (χ2v) is 10.8. The van der Waals surface area contributed by atoms with Crippen LogP contribution in [0.15, 0.2) is 48.5 Å². The number of esters is 1. The summed E-state index contributed by atoms with van der Waals surface area (Å²) in [4.78, 5) is 29.4. The summed E-state index contributed by atoms with van der Waals surface area (Å²) >= 11 is 0. The average Bonchev–Trinajstić information content (AvgIpc) is 3.36. The van der Waals surface area contributed by atoms with Gasteiger partial charge in [0.25, 0.3) is 5.91 Å². The molecule has 1 atom stereocenters. The van der Waals surface area contributed by atoms with Gasteiger partial charge in [-0.15, -0.1) is 0 Å². The lowest BCUT2D eigenvalue weighted by Gasteiger charge is -2.19. The first-order valence-electron chi connectivity index (χ1n) is 12.7. The van der Waals surface area contributed by atoms with Crippen molar-refractivity contribution in [2.45, 2.75) is 71.3 Å². The minimum atomic E-state index is -0.751. The summed E-state index contributed by atoms with van der Waals surface area (Å²) in [6.45, 7) is 8.17. The minimum absolute atomic E-state index is 0.0843. The number of nitrogens with one attached hydrogen (secondary N) is 1. The smallest absolute Gasteiger partial charge is 0.328 e. The molecule has 1 N–H and O–H groups in total. The monoisotopic (exact) mass is 488 g/mol. The summed E-state index contributed by atoms with van der Waals surface area (Å²) in [5.74, 6) is 1.19. The van der Waals surface area contributed by atoms with Crippen LogP contribution in [0.5, 0.6) is 11.5 Å². The van der Waals surface area contributed by atoms with Gasteiger partial charge in [-0.2, -0.15) is 0 Å². The molecule has 1 saturated carbocycles. The highest BCUT2D eigenvalue weighted by molar-refractivity contribution is 5.99. The Morgan fingerprint density at radius 2 is 1.69 bits per heavy atom. The second-order valence-electron chi connectivity index (χ2n) is 10.8. The van der Waals surface area contributed by atoms with Gasteiger partial charge in [-0.05, 0) is 66.0 Å². The minimum Gasteiger partial charge on any atom is -0.467 e. The van der Waals surface area contributed by atoms with E-state index in [1.165, 1.54) is 38.4 Å². The predicted molar refractivity (Wildman–Crippen MR) is 142 cm³/mol. The highest BCUT2D eigenvalue weighted by Gasteiger charge is 2.22. The molecule has 0 bridgehead atoms. The molecule has 0 aliphatic heterocycles. The highest BCUT2D eigenvalue weighted by atomic mass is 16.5. The number of benzene rings is 2. The standard InChI is InChI=1S/C30H36N2O4/c1-19(29(34)35-5)31-28(33)27-17-21-10-13-24(36-23-14-11-22(12-15-23)30(2,3)4)18-25(21)26(32-27)16-20-8-6-7-9-20/h10-15,17-20H,6-9,16H2,1-5H3,(H,31,33)/t19-/m0/s1. The maximum atomic E-state index is 12.9. The van der Waals surface area contributed by atoms with Crippen LogP contribution < -0.4 is 10.1 Å². The molecule has 1 aliphatic rings. The van der Waals surface area contributed by atoms with Gasteiger partial charge in [0.2, 0.25) is 0 Å². The van der Waals surface area contributed by atoms with Gasteiger partial charge in [-0.1, -0.05) is 64.7 Å². The van der Waals surface area contributed by atoms with Crippen molar-refractivity contribution in [2.24, 2.45) is 5.92 Å². The number of aromatic nitrogens is 1. The Morgan fingerprint density at radius 3 is 2.33 bits per heavy atom. The van der Waals surface area contributed by atoms with Crippen molar-refractivity contribution < 1.29 is 19.1 Å². The van der Waals surface area contributed by atoms with E-state index in [9.17, 15) is 9.59 Å². The van der Waals surface area contributed by atoms with Crippen LogP contribution in [-0.4, -0.2) is 30.0 Å². The van der Waals surface area contributed by atoms with Gasteiger partial charge in [0.1, 0.15) is 23.2 Å². The zero-order chi connectivity index (χ0) is 25.9. The first-order chi connectivity index (χ1) is 17.1. The Labute approximate surface area is 213 Å².